The number of nitrogens with zero attached hydrogens (tertiary/aromatic N) is 1. The number of anilines is 2. The average Bonchev–Trinajstić information content (AvgIpc) is 2.56. The molecule has 0 aromatic heterocycles. The van der Waals surface area contributed by atoms with E-state index in [0.29, 0.717) is 22.7 Å². The molecule has 24 heavy (non-hydrogen) atoms. The molecule has 0 unspecified atom stereocenters. The molecular weight excluding hydrogens is 306 g/mol. The predicted octanol–water partition coefficient (Wildman–Crippen LogP) is 2.92. The molecule has 2 aromatic rings. The summed E-state index contributed by atoms with van der Waals surface area (Å²) in [5.41, 5.74) is 1.71. The zero-order valence-corrected chi connectivity index (χ0v) is 13.4. The maximum atomic E-state index is 12.2. The van der Waals surface area contributed by atoms with Gasteiger partial charge in [0.05, 0.1) is 11.6 Å². The van der Waals surface area contributed by atoms with Crippen molar-refractivity contribution in [3.05, 3.63) is 54.1 Å². The molecule has 0 saturated carbocycles. The van der Waals surface area contributed by atoms with Crippen LogP contribution in [-0.4, -0.2) is 17.9 Å². The number of benzene rings is 2. The molecule has 0 aliphatic heterocycles. The Labute approximate surface area is 140 Å². The van der Waals surface area contributed by atoms with Gasteiger partial charge in [0, 0.05) is 18.3 Å². The summed E-state index contributed by atoms with van der Waals surface area (Å²) >= 11 is 0. The van der Waals surface area contributed by atoms with Gasteiger partial charge in [-0.05, 0) is 49.4 Å². The minimum atomic E-state index is -0.728. The quantitative estimate of drug-likeness (QED) is 0.885. The summed E-state index contributed by atoms with van der Waals surface area (Å²) in [7, 11) is 0. The van der Waals surface area contributed by atoms with Crippen LogP contribution in [0.1, 0.15) is 19.4 Å². The highest BCUT2D eigenvalue weighted by molar-refractivity contribution is 5.94. The first-order valence-corrected chi connectivity index (χ1v) is 7.33. The largest absolute Gasteiger partial charge is 0.481 e. The van der Waals surface area contributed by atoms with Gasteiger partial charge in [-0.15, -0.1) is 0 Å². The topological polar surface area (TPSA) is 91.2 Å². The van der Waals surface area contributed by atoms with Gasteiger partial charge in [-0.2, -0.15) is 5.26 Å². The van der Waals surface area contributed by atoms with Crippen molar-refractivity contribution >= 4 is 23.2 Å². The number of nitrogens with one attached hydrogen (secondary N) is 2. The van der Waals surface area contributed by atoms with Crippen LogP contribution in [0.4, 0.5) is 11.4 Å². The third-order valence-corrected chi connectivity index (χ3v) is 3.12. The van der Waals surface area contributed by atoms with Gasteiger partial charge < -0.3 is 15.4 Å². The Morgan fingerprint density at radius 2 is 1.71 bits per heavy atom. The van der Waals surface area contributed by atoms with Crippen LogP contribution in [0.15, 0.2) is 48.5 Å². The van der Waals surface area contributed by atoms with Crippen molar-refractivity contribution in [3.63, 3.8) is 0 Å². The minimum Gasteiger partial charge on any atom is -0.481 e. The van der Waals surface area contributed by atoms with E-state index in [9.17, 15) is 9.59 Å². The van der Waals surface area contributed by atoms with Gasteiger partial charge >= 0.3 is 0 Å². The van der Waals surface area contributed by atoms with Crippen LogP contribution < -0.4 is 15.4 Å². The molecule has 0 radical (unpaired) electrons. The van der Waals surface area contributed by atoms with E-state index in [0.717, 1.165) is 0 Å². The normalized spacial score (nSPS) is 11.0. The van der Waals surface area contributed by atoms with Crippen molar-refractivity contribution in [3.8, 4) is 11.8 Å². The van der Waals surface area contributed by atoms with Gasteiger partial charge in [0.15, 0.2) is 6.10 Å². The van der Waals surface area contributed by atoms with E-state index in [1.54, 1.807) is 55.5 Å². The average molecular weight is 323 g/mol. The SMILES string of the molecule is CC(=O)Nc1ccc(NC(=O)[C@H](C)Oc2cccc(C#N)c2)cc1. The number of carbonyl (C=O) groups is 2. The van der Waals surface area contributed by atoms with E-state index in [1.807, 2.05) is 6.07 Å². The van der Waals surface area contributed by atoms with Crippen LogP contribution in [-0.2, 0) is 9.59 Å². The Kier molecular flexibility index (Phi) is 5.53. The second-order valence-electron chi connectivity index (χ2n) is 5.15. The van der Waals surface area contributed by atoms with E-state index in [2.05, 4.69) is 10.6 Å². The van der Waals surface area contributed by atoms with Crippen LogP contribution in [0, 0.1) is 11.3 Å². The Balaban J connectivity index is 1.95. The number of hydrogen-bond acceptors (Lipinski definition) is 4. The van der Waals surface area contributed by atoms with Crippen LogP contribution in [0.5, 0.6) is 5.75 Å². The summed E-state index contributed by atoms with van der Waals surface area (Å²) < 4.78 is 5.55. The first kappa shape index (κ1) is 17.0. The lowest BCUT2D eigenvalue weighted by atomic mass is 10.2. The molecule has 0 aliphatic rings. The van der Waals surface area contributed by atoms with Crippen molar-refractivity contribution < 1.29 is 14.3 Å². The van der Waals surface area contributed by atoms with Crippen LogP contribution >= 0.6 is 0 Å². The summed E-state index contributed by atoms with van der Waals surface area (Å²) in [4.78, 5) is 23.1. The first-order chi connectivity index (χ1) is 11.5. The molecule has 2 rings (SSSR count). The van der Waals surface area contributed by atoms with E-state index in [-0.39, 0.29) is 11.8 Å². The molecule has 6 nitrogen and oxygen atoms in total. The summed E-state index contributed by atoms with van der Waals surface area (Å²) in [6.07, 6.45) is -0.728. The van der Waals surface area contributed by atoms with E-state index < -0.39 is 6.10 Å². The van der Waals surface area contributed by atoms with Gasteiger partial charge in [-0.3, -0.25) is 9.59 Å². The van der Waals surface area contributed by atoms with Gasteiger partial charge in [-0.1, -0.05) is 6.07 Å². The fourth-order valence-electron chi connectivity index (χ4n) is 1.98. The summed E-state index contributed by atoms with van der Waals surface area (Å²) in [5, 5.41) is 14.2. The molecule has 0 aliphatic carbocycles. The lowest BCUT2D eigenvalue weighted by Crippen LogP contribution is -2.30. The number of rotatable bonds is 5. The lowest BCUT2D eigenvalue weighted by Gasteiger charge is -2.15. The fraction of sp³-hybridized carbons (Fsp3) is 0.167. The highest BCUT2D eigenvalue weighted by Crippen LogP contribution is 2.17. The summed E-state index contributed by atoms with van der Waals surface area (Å²) in [6, 6.07) is 15.4. The summed E-state index contributed by atoms with van der Waals surface area (Å²) in [6.45, 7) is 3.05. The number of carbonyl (C=O) groups excluding carboxylic acids is 2. The Bertz CT molecular complexity index is 779. The molecule has 0 heterocycles. The molecule has 2 amide bonds. The van der Waals surface area contributed by atoms with Crippen LogP contribution in [0.25, 0.3) is 0 Å². The standard InChI is InChI=1S/C18H17N3O3/c1-12(24-17-5-3-4-14(10-17)11-19)18(23)21-16-8-6-15(7-9-16)20-13(2)22/h3-10,12H,1-2H3,(H,20,22)(H,21,23)/t12-/m0/s1. The molecule has 122 valence electrons. The number of hydrogen-bond donors (Lipinski definition) is 2. The number of nitriles is 1. The van der Waals surface area contributed by atoms with Crippen molar-refractivity contribution in [2.75, 3.05) is 10.6 Å². The predicted molar refractivity (Wildman–Crippen MR) is 90.6 cm³/mol. The molecule has 0 bridgehead atoms. The Morgan fingerprint density at radius 1 is 1.08 bits per heavy atom. The van der Waals surface area contributed by atoms with E-state index >= 15 is 0 Å². The lowest BCUT2D eigenvalue weighted by molar-refractivity contribution is -0.122. The minimum absolute atomic E-state index is 0.159. The monoisotopic (exact) mass is 323 g/mol. The van der Waals surface area contributed by atoms with Crippen molar-refractivity contribution in [2.45, 2.75) is 20.0 Å². The third-order valence-electron chi connectivity index (χ3n) is 3.12. The zero-order valence-electron chi connectivity index (χ0n) is 13.4. The summed E-state index contributed by atoms with van der Waals surface area (Å²) in [5.74, 6) is -0.0178. The first-order valence-electron chi connectivity index (χ1n) is 7.33. The third kappa shape index (κ3) is 4.85. The Hall–Kier alpha value is -3.33. The van der Waals surface area contributed by atoms with Crippen LogP contribution in [0.3, 0.4) is 0 Å². The fourth-order valence-corrected chi connectivity index (χ4v) is 1.98. The smallest absolute Gasteiger partial charge is 0.265 e. The molecule has 2 aromatic carbocycles. The zero-order chi connectivity index (χ0) is 17.5. The van der Waals surface area contributed by atoms with Gasteiger partial charge in [0.1, 0.15) is 5.75 Å². The molecule has 6 heteroatoms. The molecule has 2 N–H and O–H groups in total. The van der Waals surface area contributed by atoms with Crippen molar-refractivity contribution in [2.24, 2.45) is 0 Å². The van der Waals surface area contributed by atoms with Crippen LogP contribution in [0.2, 0.25) is 0 Å². The van der Waals surface area contributed by atoms with Crippen molar-refractivity contribution in [1.29, 1.82) is 5.26 Å². The highest BCUT2D eigenvalue weighted by atomic mass is 16.5. The maximum Gasteiger partial charge on any atom is 0.265 e. The van der Waals surface area contributed by atoms with Crippen molar-refractivity contribution in [1.82, 2.24) is 0 Å². The number of amides is 2. The molecule has 1 atom stereocenters. The molecule has 0 spiro atoms. The second kappa shape index (κ2) is 7.79. The molecular formula is C18H17N3O3. The van der Waals surface area contributed by atoms with Gasteiger partial charge in [0.2, 0.25) is 5.91 Å². The van der Waals surface area contributed by atoms with Gasteiger partial charge in [-0.25, -0.2) is 0 Å². The Morgan fingerprint density at radius 3 is 2.29 bits per heavy atom. The molecule has 0 fully saturated rings. The van der Waals surface area contributed by atoms with E-state index in [1.165, 1.54) is 6.92 Å². The van der Waals surface area contributed by atoms with Gasteiger partial charge in [0.25, 0.3) is 5.91 Å². The molecule has 0 saturated heterocycles. The van der Waals surface area contributed by atoms with E-state index in [4.69, 9.17) is 10.00 Å². The number of ether oxygens (including phenoxy) is 1. The maximum absolute atomic E-state index is 12.2. The highest BCUT2D eigenvalue weighted by Gasteiger charge is 2.15. The second-order valence-corrected chi connectivity index (χ2v) is 5.15.